The summed E-state index contributed by atoms with van der Waals surface area (Å²) in [5.74, 6) is 2.42. The predicted octanol–water partition coefficient (Wildman–Crippen LogP) is 0.177. The Bertz CT molecular complexity index is 488. The third kappa shape index (κ3) is 1.77. The van der Waals surface area contributed by atoms with Crippen molar-refractivity contribution < 1.29 is 0 Å². The number of aromatic amines is 1. The van der Waals surface area contributed by atoms with Crippen molar-refractivity contribution in [1.82, 2.24) is 9.78 Å². The molecule has 0 bridgehead atoms. The van der Waals surface area contributed by atoms with Crippen LogP contribution in [0.3, 0.4) is 0 Å². The second kappa shape index (κ2) is 3.97. The summed E-state index contributed by atoms with van der Waals surface area (Å²) < 4.78 is 1.25. The molecule has 1 heterocycles. The van der Waals surface area contributed by atoms with Gasteiger partial charge in [-0.05, 0) is 13.8 Å². The number of aryl methyl sites for hydroxylation is 1. The van der Waals surface area contributed by atoms with Crippen LogP contribution in [0.15, 0.2) is 9.59 Å². The molecule has 0 aliphatic carbocycles. The van der Waals surface area contributed by atoms with Crippen molar-refractivity contribution >= 4 is 0 Å². The first-order valence-electron chi connectivity index (χ1n) is 4.31. The Labute approximate surface area is 81.6 Å². The summed E-state index contributed by atoms with van der Waals surface area (Å²) in [6, 6.07) is 0. The zero-order valence-corrected chi connectivity index (χ0v) is 8.26. The highest BCUT2D eigenvalue weighted by Gasteiger charge is 2.05. The molecule has 0 aliphatic rings. The van der Waals surface area contributed by atoms with Crippen LogP contribution >= 0.6 is 0 Å². The van der Waals surface area contributed by atoms with Crippen LogP contribution in [0.25, 0.3) is 0 Å². The Morgan fingerprint density at radius 3 is 2.57 bits per heavy atom. The SMILES string of the molecule is C#CCCn1[nH]c(=O)c(C)c(C)c1=O. The summed E-state index contributed by atoms with van der Waals surface area (Å²) in [7, 11) is 0. The first-order valence-corrected chi connectivity index (χ1v) is 4.31. The van der Waals surface area contributed by atoms with Gasteiger partial charge in [0.25, 0.3) is 11.1 Å². The summed E-state index contributed by atoms with van der Waals surface area (Å²) >= 11 is 0. The van der Waals surface area contributed by atoms with Crippen LogP contribution in [0.4, 0.5) is 0 Å². The molecule has 1 N–H and O–H groups in total. The first kappa shape index (κ1) is 10.3. The molecule has 1 rings (SSSR count). The van der Waals surface area contributed by atoms with Crippen molar-refractivity contribution in [1.29, 1.82) is 0 Å². The number of H-pyrrole nitrogens is 1. The van der Waals surface area contributed by atoms with E-state index in [2.05, 4.69) is 11.0 Å². The third-order valence-corrected chi connectivity index (χ3v) is 2.19. The number of rotatable bonds is 2. The molecule has 74 valence electrons. The maximum absolute atomic E-state index is 11.6. The van der Waals surface area contributed by atoms with E-state index < -0.39 is 0 Å². The van der Waals surface area contributed by atoms with Gasteiger partial charge in [0.1, 0.15) is 0 Å². The molecule has 14 heavy (non-hydrogen) atoms. The van der Waals surface area contributed by atoms with Gasteiger partial charge in [0.15, 0.2) is 0 Å². The van der Waals surface area contributed by atoms with Crippen molar-refractivity contribution in [3.05, 3.63) is 31.8 Å². The predicted molar refractivity (Wildman–Crippen MR) is 54.2 cm³/mol. The molecule has 4 nitrogen and oxygen atoms in total. The standard InChI is InChI=1S/C10H12N2O2/c1-4-5-6-12-10(14)8(3)7(2)9(13)11-12/h1H,5-6H2,2-3H3,(H,11,13). The average molecular weight is 192 g/mol. The minimum atomic E-state index is -0.237. The zero-order valence-electron chi connectivity index (χ0n) is 8.26. The number of aromatic nitrogens is 2. The van der Waals surface area contributed by atoms with Crippen LogP contribution in [0.5, 0.6) is 0 Å². The highest BCUT2D eigenvalue weighted by atomic mass is 16.2. The summed E-state index contributed by atoms with van der Waals surface area (Å²) in [6.45, 7) is 3.62. The van der Waals surface area contributed by atoms with E-state index in [1.807, 2.05) is 0 Å². The molecule has 4 heteroatoms. The molecule has 1 aromatic heterocycles. The van der Waals surface area contributed by atoms with Gasteiger partial charge in [-0.25, -0.2) is 4.68 Å². The molecular formula is C10H12N2O2. The third-order valence-electron chi connectivity index (χ3n) is 2.19. The van der Waals surface area contributed by atoms with E-state index in [4.69, 9.17) is 6.42 Å². The van der Waals surface area contributed by atoms with E-state index in [0.717, 1.165) is 0 Å². The summed E-state index contributed by atoms with van der Waals surface area (Å²) in [5.41, 5.74) is 0.522. The number of hydrogen-bond acceptors (Lipinski definition) is 2. The lowest BCUT2D eigenvalue weighted by Gasteiger charge is -2.05. The lowest BCUT2D eigenvalue weighted by Crippen LogP contribution is -2.33. The number of terminal acetylenes is 1. The molecule has 0 aromatic carbocycles. The smallest absolute Gasteiger partial charge is 0.268 e. The molecule has 0 amide bonds. The molecule has 0 unspecified atom stereocenters. The van der Waals surface area contributed by atoms with E-state index >= 15 is 0 Å². The van der Waals surface area contributed by atoms with Crippen LogP contribution in [-0.4, -0.2) is 9.78 Å². The van der Waals surface area contributed by atoms with E-state index in [-0.39, 0.29) is 11.1 Å². The average Bonchev–Trinajstić information content (AvgIpc) is 2.18. The molecule has 0 aliphatic heterocycles. The van der Waals surface area contributed by atoms with Crippen molar-refractivity contribution in [3.63, 3.8) is 0 Å². The molecule has 0 saturated carbocycles. The second-order valence-electron chi connectivity index (χ2n) is 3.10. The van der Waals surface area contributed by atoms with Crippen molar-refractivity contribution in [2.24, 2.45) is 0 Å². The molecule has 0 atom stereocenters. The maximum Gasteiger partial charge on any atom is 0.268 e. The normalized spacial score (nSPS) is 9.79. The fraction of sp³-hybridized carbons (Fsp3) is 0.400. The van der Waals surface area contributed by atoms with Gasteiger partial charge < -0.3 is 0 Å². The fourth-order valence-electron chi connectivity index (χ4n) is 1.12. The van der Waals surface area contributed by atoms with Gasteiger partial charge >= 0.3 is 0 Å². The van der Waals surface area contributed by atoms with Crippen LogP contribution in [0, 0.1) is 26.2 Å². The topological polar surface area (TPSA) is 54.9 Å². The number of nitrogens with one attached hydrogen (secondary N) is 1. The minimum absolute atomic E-state index is 0.183. The second-order valence-corrected chi connectivity index (χ2v) is 3.10. The quantitative estimate of drug-likeness (QED) is 0.679. The Morgan fingerprint density at radius 1 is 1.36 bits per heavy atom. The highest BCUT2D eigenvalue weighted by molar-refractivity contribution is 5.17. The summed E-state index contributed by atoms with van der Waals surface area (Å²) in [5, 5.41) is 2.47. The molecule has 0 fully saturated rings. The van der Waals surface area contributed by atoms with Crippen LogP contribution in [0.2, 0.25) is 0 Å². The lowest BCUT2D eigenvalue weighted by atomic mass is 10.2. The largest absolute Gasteiger partial charge is 0.268 e. The number of nitrogens with zero attached hydrogens (tertiary/aromatic N) is 1. The summed E-state index contributed by atoms with van der Waals surface area (Å²) in [6.07, 6.45) is 5.50. The molecule has 0 saturated heterocycles. The van der Waals surface area contributed by atoms with E-state index in [1.165, 1.54) is 4.68 Å². The van der Waals surface area contributed by atoms with Gasteiger partial charge in [0, 0.05) is 17.5 Å². The number of hydrogen-bond donors (Lipinski definition) is 1. The molecule has 0 spiro atoms. The Morgan fingerprint density at radius 2 is 2.00 bits per heavy atom. The Balaban J connectivity index is 3.28. The molecule has 1 aromatic rings. The minimum Gasteiger partial charge on any atom is -0.268 e. The van der Waals surface area contributed by atoms with Crippen molar-refractivity contribution in [2.75, 3.05) is 0 Å². The highest BCUT2D eigenvalue weighted by Crippen LogP contribution is 1.91. The maximum atomic E-state index is 11.6. The van der Waals surface area contributed by atoms with Gasteiger partial charge in [-0.1, -0.05) is 0 Å². The van der Waals surface area contributed by atoms with Gasteiger partial charge in [-0.15, -0.1) is 12.3 Å². The van der Waals surface area contributed by atoms with E-state index in [9.17, 15) is 9.59 Å². The van der Waals surface area contributed by atoms with E-state index in [1.54, 1.807) is 13.8 Å². The fourth-order valence-corrected chi connectivity index (χ4v) is 1.12. The van der Waals surface area contributed by atoms with Crippen LogP contribution in [0.1, 0.15) is 17.5 Å². The molecule has 0 radical (unpaired) electrons. The zero-order chi connectivity index (χ0) is 10.7. The monoisotopic (exact) mass is 192 g/mol. The van der Waals surface area contributed by atoms with Crippen molar-refractivity contribution in [2.45, 2.75) is 26.8 Å². The van der Waals surface area contributed by atoms with Crippen LogP contribution in [-0.2, 0) is 6.54 Å². The lowest BCUT2D eigenvalue weighted by molar-refractivity contribution is 0.574. The molecular weight excluding hydrogens is 180 g/mol. The van der Waals surface area contributed by atoms with Crippen LogP contribution < -0.4 is 11.1 Å². The van der Waals surface area contributed by atoms with Gasteiger partial charge in [-0.3, -0.25) is 14.7 Å². The Hall–Kier alpha value is -1.76. The Kier molecular flexibility index (Phi) is 2.92. The first-order chi connectivity index (χ1) is 6.57. The van der Waals surface area contributed by atoms with Gasteiger partial charge in [0.2, 0.25) is 0 Å². The van der Waals surface area contributed by atoms with E-state index in [0.29, 0.717) is 24.1 Å². The van der Waals surface area contributed by atoms with Crippen molar-refractivity contribution in [3.8, 4) is 12.3 Å². The summed E-state index contributed by atoms with van der Waals surface area (Å²) in [4.78, 5) is 22.9. The van der Waals surface area contributed by atoms with Gasteiger partial charge in [-0.2, -0.15) is 0 Å². The van der Waals surface area contributed by atoms with Gasteiger partial charge in [0.05, 0.1) is 6.54 Å².